The van der Waals surface area contributed by atoms with Crippen LogP contribution in [0.15, 0.2) is 30.3 Å². The quantitative estimate of drug-likeness (QED) is 0.861. The summed E-state index contributed by atoms with van der Waals surface area (Å²) in [5.74, 6) is 0. The Labute approximate surface area is 147 Å². The van der Waals surface area contributed by atoms with Crippen LogP contribution in [0.25, 0.3) is 11.3 Å². The Morgan fingerprint density at radius 2 is 1.92 bits per heavy atom. The van der Waals surface area contributed by atoms with E-state index in [0.29, 0.717) is 6.54 Å². The van der Waals surface area contributed by atoms with E-state index in [1.165, 1.54) is 0 Å². The third kappa shape index (κ3) is 2.89. The third-order valence-electron chi connectivity index (χ3n) is 4.65. The Morgan fingerprint density at radius 1 is 1.20 bits per heavy atom. The normalized spacial score (nSPS) is 22.4. The van der Waals surface area contributed by atoms with Crippen LogP contribution >= 0.6 is 0 Å². The lowest BCUT2D eigenvalue weighted by atomic mass is 10.0. The first kappa shape index (κ1) is 16.1. The molecule has 1 fully saturated rings. The molecular formula is C18H23N5O2. The van der Waals surface area contributed by atoms with Gasteiger partial charge in [-0.05, 0) is 20.8 Å². The molecule has 0 aliphatic carbocycles. The van der Waals surface area contributed by atoms with Crippen molar-refractivity contribution >= 4 is 6.09 Å². The lowest BCUT2D eigenvalue weighted by Gasteiger charge is -2.38. The molecule has 0 radical (unpaired) electrons. The minimum absolute atomic E-state index is 0.0349. The molecule has 0 spiro atoms. The third-order valence-corrected chi connectivity index (χ3v) is 4.65. The molecule has 1 N–H and O–H groups in total. The second-order valence-corrected chi connectivity index (χ2v) is 7.60. The fraction of sp³-hybridized carbons (Fsp3) is 0.500. The van der Waals surface area contributed by atoms with Crippen LogP contribution in [0, 0.1) is 0 Å². The summed E-state index contributed by atoms with van der Waals surface area (Å²) in [5, 5.41) is 12.2. The molecule has 2 aromatic rings. The summed E-state index contributed by atoms with van der Waals surface area (Å²) in [6, 6.07) is 10.1. The van der Waals surface area contributed by atoms with Gasteiger partial charge in [0.2, 0.25) is 0 Å². The Hall–Kier alpha value is -2.41. The molecule has 3 heterocycles. The summed E-state index contributed by atoms with van der Waals surface area (Å²) in [6.07, 6.45) is -0.280. The van der Waals surface area contributed by atoms with Crippen LogP contribution in [0.5, 0.6) is 0 Å². The molecule has 0 saturated carbocycles. The summed E-state index contributed by atoms with van der Waals surface area (Å²) in [5.41, 5.74) is 2.29. The molecule has 1 amide bonds. The number of carbonyl (C=O) groups excluding carboxylic acids is 1. The van der Waals surface area contributed by atoms with Crippen LogP contribution < -0.4 is 5.32 Å². The van der Waals surface area contributed by atoms with Crippen LogP contribution in [0.4, 0.5) is 4.79 Å². The minimum Gasteiger partial charge on any atom is -0.444 e. The van der Waals surface area contributed by atoms with Gasteiger partial charge in [-0.1, -0.05) is 35.5 Å². The van der Waals surface area contributed by atoms with Gasteiger partial charge in [0.05, 0.1) is 24.3 Å². The molecular weight excluding hydrogens is 318 g/mol. The van der Waals surface area contributed by atoms with E-state index in [0.717, 1.165) is 30.0 Å². The summed E-state index contributed by atoms with van der Waals surface area (Å²) in [4.78, 5) is 14.6. The smallest absolute Gasteiger partial charge is 0.411 e. The molecule has 0 bridgehead atoms. The van der Waals surface area contributed by atoms with Crippen LogP contribution in [-0.4, -0.2) is 50.7 Å². The molecule has 25 heavy (non-hydrogen) atoms. The molecule has 7 heteroatoms. The monoisotopic (exact) mass is 341 g/mol. The van der Waals surface area contributed by atoms with E-state index >= 15 is 0 Å². The van der Waals surface area contributed by atoms with Gasteiger partial charge >= 0.3 is 6.09 Å². The Morgan fingerprint density at radius 3 is 2.64 bits per heavy atom. The van der Waals surface area contributed by atoms with Crippen molar-refractivity contribution in [3.63, 3.8) is 0 Å². The van der Waals surface area contributed by atoms with Crippen LogP contribution in [0.1, 0.15) is 32.5 Å². The number of amides is 1. The largest absolute Gasteiger partial charge is 0.444 e. The van der Waals surface area contributed by atoms with E-state index in [9.17, 15) is 4.79 Å². The van der Waals surface area contributed by atoms with E-state index in [1.54, 1.807) is 0 Å². The van der Waals surface area contributed by atoms with Crippen LogP contribution in [0.3, 0.4) is 0 Å². The number of benzene rings is 1. The van der Waals surface area contributed by atoms with Gasteiger partial charge in [-0.2, -0.15) is 0 Å². The second-order valence-electron chi connectivity index (χ2n) is 7.60. The van der Waals surface area contributed by atoms with Gasteiger partial charge < -0.3 is 10.1 Å². The van der Waals surface area contributed by atoms with E-state index in [-0.39, 0.29) is 18.2 Å². The van der Waals surface area contributed by atoms with Gasteiger partial charge in [0.1, 0.15) is 11.3 Å². The maximum absolute atomic E-state index is 12.8. The van der Waals surface area contributed by atoms with Crippen molar-refractivity contribution in [2.24, 2.45) is 0 Å². The van der Waals surface area contributed by atoms with Crippen LogP contribution in [-0.2, 0) is 11.3 Å². The zero-order valence-electron chi connectivity index (χ0n) is 14.8. The van der Waals surface area contributed by atoms with Crippen molar-refractivity contribution in [3.05, 3.63) is 36.0 Å². The molecule has 132 valence electrons. The van der Waals surface area contributed by atoms with Gasteiger partial charge in [0, 0.05) is 18.7 Å². The van der Waals surface area contributed by atoms with Gasteiger partial charge in [-0.25, -0.2) is 9.48 Å². The maximum Gasteiger partial charge on any atom is 0.411 e. The highest BCUT2D eigenvalue weighted by molar-refractivity contribution is 5.70. The van der Waals surface area contributed by atoms with Gasteiger partial charge in [0.15, 0.2) is 0 Å². The second kappa shape index (κ2) is 5.84. The van der Waals surface area contributed by atoms with Crippen molar-refractivity contribution in [1.82, 2.24) is 25.2 Å². The highest BCUT2D eigenvalue weighted by atomic mass is 16.6. The van der Waals surface area contributed by atoms with Crippen molar-refractivity contribution in [2.75, 3.05) is 13.1 Å². The highest BCUT2D eigenvalue weighted by Gasteiger charge is 2.44. The maximum atomic E-state index is 12.8. The first-order valence-electron chi connectivity index (χ1n) is 8.64. The molecule has 1 aromatic carbocycles. The minimum atomic E-state index is -0.517. The fourth-order valence-corrected chi connectivity index (χ4v) is 3.56. The molecule has 2 atom stereocenters. The number of aromatic nitrogens is 3. The van der Waals surface area contributed by atoms with E-state index in [1.807, 2.05) is 60.7 Å². The molecule has 2 unspecified atom stereocenters. The average Bonchev–Trinajstić information content (AvgIpc) is 3.19. The molecule has 2 aliphatic heterocycles. The van der Waals surface area contributed by atoms with E-state index in [4.69, 9.17) is 4.74 Å². The standard InChI is InChI=1S/C18H23N5O2/c1-18(2,3)25-17(24)22-11-15-16(12-7-5-4-6-8-12)20-21-23(15)14-10-19-9-13(14)22/h4-8,13-14,19H,9-11H2,1-3H3. The summed E-state index contributed by atoms with van der Waals surface area (Å²) < 4.78 is 7.61. The predicted molar refractivity (Wildman–Crippen MR) is 92.9 cm³/mol. The van der Waals surface area contributed by atoms with Gasteiger partial charge in [0.25, 0.3) is 0 Å². The van der Waals surface area contributed by atoms with Gasteiger partial charge in [-0.15, -0.1) is 5.10 Å². The lowest BCUT2D eigenvalue weighted by molar-refractivity contribution is 0.00589. The lowest BCUT2D eigenvalue weighted by Crippen LogP contribution is -2.50. The average molecular weight is 341 g/mol. The SMILES string of the molecule is CC(C)(C)OC(=O)N1Cc2c(-c3ccccc3)nnn2C2CNCC21. The number of hydrogen-bond donors (Lipinski definition) is 1. The predicted octanol–water partition coefficient (Wildman–Crippen LogP) is 2.21. The van der Waals surface area contributed by atoms with Gasteiger partial charge in [-0.3, -0.25) is 4.90 Å². The Balaban J connectivity index is 1.71. The number of nitrogens with one attached hydrogen (secondary N) is 1. The molecule has 1 aromatic heterocycles. The molecule has 2 aliphatic rings. The summed E-state index contributed by atoms with van der Waals surface area (Å²) in [6.45, 7) is 7.63. The zero-order valence-corrected chi connectivity index (χ0v) is 14.8. The number of carbonyl (C=O) groups is 1. The summed E-state index contributed by atoms with van der Waals surface area (Å²) in [7, 11) is 0. The first-order valence-corrected chi connectivity index (χ1v) is 8.64. The van der Waals surface area contributed by atoms with E-state index < -0.39 is 5.60 Å². The van der Waals surface area contributed by atoms with Crippen molar-refractivity contribution in [1.29, 1.82) is 0 Å². The number of fused-ring (bicyclic) bond motifs is 3. The number of rotatable bonds is 1. The molecule has 1 saturated heterocycles. The highest BCUT2D eigenvalue weighted by Crippen LogP contribution is 2.34. The summed E-state index contributed by atoms with van der Waals surface area (Å²) >= 11 is 0. The molecule has 4 rings (SSSR count). The fourth-order valence-electron chi connectivity index (χ4n) is 3.56. The van der Waals surface area contributed by atoms with Crippen LogP contribution in [0.2, 0.25) is 0 Å². The Bertz CT molecular complexity index is 781. The number of ether oxygens (including phenoxy) is 1. The Kier molecular flexibility index (Phi) is 3.76. The number of hydrogen-bond acceptors (Lipinski definition) is 5. The first-order chi connectivity index (χ1) is 11.9. The zero-order chi connectivity index (χ0) is 17.6. The van der Waals surface area contributed by atoms with Crippen molar-refractivity contribution in [2.45, 2.75) is 45.0 Å². The van der Waals surface area contributed by atoms with E-state index in [2.05, 4.69) is 15.6 Å². The number of nitrogens with zero attached hydrogens (tertiary/aromatic N) is 4. The molecule has 7 nitrogen and oxygen atoms in total. The van der Waals surface area contributed by atoms with Crippen molar-refractivity contribution < 1.29 is 9.53 Å². The topological polar surface area (TPSA) is 72.3 Å². The van der Waals surface area contributed by atoms with Crippen molar-refractivity contribution in [3.8, 4) is 11.3 Å².